The number of hydrogen-bond acceptors (Lipinski definition) is 6. The van der Waals surface area contributed by atoms with E-state index in [9.17, 15) is 4.79 Å². The highest BCUT2D eigenvalue weighted by molar-refractivity contribution is 7.21. The topological polar surface area (TPSA) is 84.3 Å². The van der Waals surface area contributed by atoms with E-state index in [1.165, 1.54) is 11.3 Å². The van der Waals surface area contributed by atoms with Gasteiger partial charge in [-0.3, -0.25) is 4.79 Å². The van der Waals surface area contributed by atoms with Crippen LogP contribution in [0.4, 0.5) is 0 Å². The molecule has 1 aromatic carbocycles. The van der Waals surface area contributed by atoms with Gasteiger partial charge in [-0.25, -0.2) is 9.97 Å². The van der Waals surface area contributed by atoms with Crippen molar-refractivity contribution in [3.8, 4) is 16.5 Å². The van der Waals surface area contributed by atoms with Gasteiger partial charge in [0, 0.05) is 29.9 Å². The number of carbonyl (C=O) groups excluding carboxylic acids is 1. The molecule has 2 aromatic heterocycles. The van der Waals surface area contributed by atoms with Crippen LogP contribution in [0.15, 0.2) is 36.5 Å². The smallest absolute Gasteiger partial charge is 0.251 e. The molecule has 0 unspecified atom stereocenters. The Morgan fingerprint density at radius 1 is 1.35 bits per heavy atom. The molecule has 0 saturated carbocycles. The molecule has 0 aliphatic rings. The van der Waals surface area contributed by atoms with Crippen molar-refractivity contribution in [2.24, 2.45) is 0 Å². The highest BCUT2D eigenvalue weighted by Gasteiger charge is 2.10. The summed E-state index contributed by atoms with van der Waals surface area (Å²) in [6.45, 7) is 0.158. The van der Waals surface area contributed by atoms with E-state index >= 15 is 0 Å². The number of methoxy groups -OCH3 is 1. The average Bonchev–Trinajstić information content (AvgIpc) is 3.02. The first kappa shape index (κ1) is 15.4. The second-order valence-corrected chi connectivity index (χ2v) is 5.80. The van der Waals surface area contributed by atoms with Crippen LogP contribution in [0.2, 0.25) is 0 Å². The highest BCUT2D eigenvalue weighted by atomic mass is 32.1. The van der Waals surface area contributed by atoms with Gasteiger partial charge in [0.15, 0.2) is 0 Å². The summed E-state index contributed by atoms with van der Waals surface area (Å²) >= 11 is 1.50. The summed E-state index contributed by atoms with van der Waals surface area (Å²) in [5, 5.41) is 12.2. The number of aromatic nitrogens is 2. The number of hydrogen-bond donors (Lipinski definition) is 2. The third kappa shape index (κ3) is 3.30. The number of aliphatic hydroxyl groups is 1. The summed E-state index contributed by atoms with van der Waals surface area (Å²) in [5.74, 6) is 0.347. The number of rotatable bonds is 5. The molecule has 0 spiro atoms. The number of aliphatic hydroxyl groups excluding tert-OH is 1. The molecule has 3 rings (SSSR count). The molecule has 0 aliphatic heterocycles. The number of thiazole rings is 1. The first-order valence-corrected chi connectivity index (χ1v) is 7.83. The van der Waals surface area contributed by atoms with Gasteiger partial charge in [-0.05, 0) is 24.3 Å². The van der Waals surface area contributed by atoms with Gasteiger partial charge in [0.1, 0.15) is 5.01 Å². The first-order valence-electron chi connectivity index (χ1n) is 7.01. The van der Waals surface area contributed by atoms with Gasteiger partial charge < -0.3 is 15.2 Å². The normalized spacial score (nSPS) is 10.7. The van der Waals surface area contributed by atoms with Crippen molar-refractivity contribution in [3.63, 3.8) is 0 Å². The molecular formula is C16H15N3O3S. The number of nitrogens with one attached hydrogen (secondary N) is 1. The second kappa shape index (κ2) is 6.72. The minimum absolute atomic E-state index is 0.0802. The highest BCUT2D eigenvalue weighted by Crippen LogP contribution is 2.30. The molecule has 0 radical (unpaired) electrons. The fourth-order valence-electron chi connectivity index (χ4n) is 2.09. The van der Waals surface area contributed by atoms with Gasteiger partial charge in [-0.2, -0.15) is 0 Å². The zero-order valence-electron chi connectivity index (χ0n) is 12.4. The zero-order valence-corrected chi connectivity index (χ0v) is 13.3. The van der Waals surface area contributed by atoms with E-state index in [1.807, 2.05) is 12.1 Å². The predicted molar refractivity (Wildman–Crippen MR) is 88.8 cm³/mol. The molecular weight excluding hydrogens is 314 g/mol. The molecule has 0 atom stereocenters. The lowest BCUT2D eigenvalue weighted by Gasteiger charge is -2.02. The van der Waals surface area contributed by atoms with Crippen LogP contribution in [0.25, 0.3) is 20.8 Å². The quantitative estimate of drug-likeness (QED) is 0.749. The van der Waals surface area contributed by atoms with Gasteiger partial charge in [0.2, 0.25) is 5.88 Å². The minimum Gasteiger partial charge on any atom is -0.481 e. The Bertz CT molecular complexity index is 830. The summed E-state index contributed by atoms with van der Waals surface area (Å²) in [6.07, 6.45) is 1.71. The maximum absolute atomic E-state index is 11.9. The van der Waals surface area contributed by atoms with Crippen LogP contribution in [0.1, 0.15) is 10.4 Å². The fourth-order valence-corrected chi connectivity index (χ4v) is 3.08. The van der Waals surface area contributed by atoms with Crippen LogP contribution >= 0.6 is 11.3 Å². The van der Waals surface area contributed by atoms with Crippen LogP contribution in [0, 0.1) is 0 Å². The predicted octanol–water partition coefficient (Wildman–Crippen LogP) is 2.09. The Morgan fingerprint density at radius 3 is 2.91 bits per heavy atom. The molecule has 3 aromatic rings. The summed E-state index contributed by atoms with van der Waals surface area (Å²) in [4.78, 5) is 20.7. The van der Waals surface area contributed by atoms with Crippen LogP contribution < -0.4 is 10.1 Å². The summed E-state index contributed by atoms with van der Waals surface area (Å²) in [7, 11) is 1.57. The zero-order chi connectivity index (χ0) is 16.2. The lowest BCUT2D eigenvalue weighted by molar-refractivity contribution is 0.0945. The van der Waals surface area contributed by atoms with Gasteiger partial charge in [-0.15, -0.1) is 11.3 Å². The van der Waals surface area contributed by atoms with E-state index in [0.29, 0.717) is 11.4 Å². The van der Waals surface area contributed by atoms with E-state index in [1.54, 1.807) is 31.5 Å². The molecule has 7 heteroatoms. The second-order valence-electron chi connectivity index (χ2n) is 4.77. The molecule has 0 bridgehead atoms. The van der Waals surface area contributed by atoms with Crippen molar-refractivity contribution in [1.29, 1.82) is 0 Å². The lowest BCUT2D eigenvalue weighted by atomic mass is 10.2. The fraction of sp³-hybridized carbons (Fsp3) is 0.188. The van der Waals surface area contributed by atoms with Crippen molar-refractivity contribution in [3.05, 3.63) is 42.1 Å². The Hall–Kier alpha value is -2.51. The van der Waals surface area contributed by atoms with Gasteiger partial charge in [0.25, 0.3) is 5.91 Å². The third-order valence-electron chi connectivity index (χ3n) is 3.24. The van der Waals surface area contributed by atoms with E-state index in [0.717, 1.165) is 20.8 Å². The van der Waals surface area contributed by atoms with Crippen molar-refractivity contribution in [2.45, 2.75) is 0 Å². The molecule has 0 aliphatic carbocycles. The van der Waals surface area contributed by atoms with Crippen molar-refractivity contribution >= 4 is 27.5 Å². The molecule has 118 valence electrons. The van der Waals surface area contributed by atoms with Gasteiger partial charge in [-0.1, -0.05) is 0 Å². The van der Waals surface area contributed by atoms with E-state index in [-0.39, 0.29) is 19.1 Å². The van der Waals surface area contributed by atoms with Gasteiger partial charge in [0.05, 0.1) is 23.9 Å². The number of ether oxygens (including phenoxy) is 1. The lowest BCUT2D eigenvalue weighted by Crippen LogP contribution is -2.26. The number of nitrogens with zero attached hydrogens (tertiary/aromatic N) is 2. The minimum atomic E-state index is -0.206. The number of carbonyl (C=O) groups is 1. The Balaban J connectivity index is 1.90. The van der Waals surface area contributed by atoms with Crippen molar-refractivity contribution < 1.29 is 14.6 Å². The third-order valence-corrected chi connectivity index (χ3v) is 4.31. The standard InChI is InChI=1S/C16H15N3O3S/c1-22-14-5-3-11(9-18-14)16-19-12-4-2-10(8-13(12)23-16)15(21)17-6-7-20/h2-5,8-9,20H,6-7H2,1H3,(H,17,21). The molecule has 1 amide bonds. The van der Waals surface area contributed by atoms with E-state index < -0.39 is 0 Å². The SMILES string of the molecule is COc1ccc(-c2nc3ccc(C(=O)NCCO)cc3s2)cn1. The molecule has 0 fully saturated rings. The largest absolute Gasteiger partial charge is 0.481 e. The van der Waals surface area contributed by atoms with E-state index in [4.69, 9.17) is 9.84 Å². The van der Waals surface area contributed by atoms with Crippen molar-refractivity contribution in [1.82, 2.24) is 15.3 Å². The maximum Gasteiger partial charge on any atom is 0.251 e. The number of amides is 1. The number of fused-ring (bicyclic) bond motifs is 1. The monoisotopic (exact) mass is 329 g/mol. The number of pyridine rings is 1. The number of benzene rings is 1. The molecule has 2 N–H and O–H groups in total. The summed E-state index contributed by atoms with van der Waals surface area (Å²) in [6, 6.07) is 9.04. The van der Waals surface area contributed by atoms with Crippen LogP contribution in [0.3, 0.4) is 0 Å². The van der Waals surface area contributed by atoms with E-state index in [2.05, 4.69) is 15.3 Å². The average molecular weight is 329 g/mol. The Kier molecular flexibility index (Phi) is 4.50. The summed E-state index contributed by atoms with van der Waals surface area (Å²) < 4.78 is 5.97. The first-order chi connectivity index (χ1) is 11.2. The Labute approximate surface area is 136 Å². The van der Waals surface area contributed by atoms with Crippen LogP contribution in [-0.2, 0) is 0 Å². The molecule has 23 heavy (non-hydrogen) atoms. The van der Waals surface area contributed by atoms with Crippen LogP contribution in [0.5, 0.6) is 5.88 Å². The van der Waals surface area contributed by atoms with Crippen LogP contribution in [-0.4, -0.2) is 41.2 Å². The molecule has 0 saturated heterocycles. The maximum atomic E-state index is 11.9. The summed E-state index contributed by atoms with van der Waals surface area (Å²) in [5.41, 5.74) is 2.28. The molecule has 2 heterocycles. The van der Waals surface area contributed by atoms with Crippen molar-refractivity contribution in [2.75, 3.05) is 20.3 Å². The Morgan fingerprint density at radius 2 is 2.22 bits per heavy atom. The molecule has 6 nitrogen and oxygen atoms in total. The van der Waals surface area contributed by atoms with Gasteiger partial charge >= 0.3 is 0 Å².